The molecule has 1 N–H and O–H groups in total. The van der Waals surface area contributed by atoms with E-state index in [1.807, 2.05) is 11.3 Å². The van der Waals surface area contributed by atoms with Gasteiger partial charge in [0.05, 0.1) is 10.4 Å². The van der Waals surface area contributed by atoms with Crippen LogP contribution < -0.4 is 5.32 Å². The monoisotopic (exact) mass is 305 g/mol. The van der Waals surface area contributed by atoms with Gasteiger partial charge in [-0.15, -0.1) is 11.3 Å². The predicted molar refractivity (Wildman–Crippen MR) is 74.4 cm³/mol. The fourth-order valence-corrected chi connectivity index (χ4v) is 3.38. The van der Waals surface area contributed by atoms with Gasteiger partial charge in [0.25, 0.3) is 0 Å². The molecule has 1 aromatic heterocycles. The molecule has 0 saturated carbocycles. The van der Waals surface area contributed by atoms with Crippen molar-refractivity contribution < 1.29 is 4.74 Å². The van der Waals surface area contributed by atoms with E-state index >= 15 is 0 Å². The van der Waals surface area contributed by atoms with Gasteiger partial charge in [0.2, 0.25) is 0 Å². The maximum absolute atomic E-state index is 4.97. The SMILES string of the molecule is COCCNCCCCc1cc(Br)sc1C. The Kier molecular flexibility index (Phi) is 7.28. The molecule has 0 atom stereocenters. The summed E-state index contributed by atoms with van der Waals surface area (Å²) in [7, 11) is 1.74. The summed E-state index contributed by atoms with van der Waals surface area (Å²) in [6, 6.07) is 2.25. The van der Waals surface area contributed by atoms with E-state index in [0.717, 1.165) is 19.7 Å². The van der Waals surface area contributed by atoms with Gasteiger partial charge in [-0.2, -0.15) is 0 Å². The number of unbranched alkanes of at least 4 members (excludes halogenated alkanes) is 1. The molecule has 0 aliphatic rings. The number of methoxy groups -OCH3 is 1. The van der Waals surface area contributed by atoms with Crippen LogP contribution >= 0.6 is 27.3 Å². The number of thiophene rings is 1. The quantitative estimate of drug-likeness (QED) is 0.744. The summed E-state index contributed by atoms with van der Waals surface area (Å²) in [6.07, 6.45) is 3.68. The first-order valence-electron chi connectivity index (χ1n) is 5.68. The fraction of sp³-hybridized carbons (Fsp3) is 0.667. The Hall–Kier alpha value is 0.1000. The van der Waals surface area contributed by atoms with Gasteiger partial charge in [-0.05, 0) is 60.3 Å². The van der Waals surface area contributed by atoms with E-state index in [0.29, 0.717) is 0 Å². The molecule has 1 aromatic rings. The van der Waals surface area contributed by atoms with Gasteiger partial charge in [0.15, 0.2) is 0 Å². The molecule has 1 rings (SSSR count). The Labute approximate surface area is 111 Å². The van der Waals surface area contributed by atoms with Crippen LogP contribution in [0.5, 0.6) is 0 Å². The zero-order valence-corrected chi connectivity index (χ0v) is 12.4. The van der Waals surface area contributed by atoms with Crippen molar-refractivity contribution in [3.63, 3.8) is 0 Å². The molecule has 0 aromatic carbocycles. The number of hydrogen-bond donors (Lipinski definition) is 1. The minimum atomic E-state index is 0.802. The molecule has 0 radical (unpaired) electrons. The standard InChI is InChI=1S/C12H20BrNOS/c1-10-11(9-12(13)16-10)5-3-4-6-14-7-8-15-2/h9,14H,3-8H2,1-2H3. The van der Waals surface area contributed by atoms with Crippen LogP contribution in [0.4, 0.5) is 0 Å². The number of hydrogen-bond acceptors (Lipinski definition) is 3. The molecular formula is C12H20BrNOS. The summed E-state index contributed by atoms with van der Waals surface area (Å²) in [5, 5.41) is 3.36. The molecule has 2 nitrogen and oxygen atoms in total. The number of nitrogens with one attached hydrogen (secondary N) is 1. The highest BCUT2D eigenvalue weighted by molar-refractivity contribution is 9.11. The van der Waals surface area contributed by atoms with E-state index in [9.17, 15) is 0 Å². The van der Waals surface area contributed by atoms with E-state index in [1.165, 1.54) is 33.5 Å². The number of ether oxygens (including phenoxy) is 1. The van der Waals surface area contributed by atoms with Crippen LogP contribution in [-0.2, 0) is 11.2 Å². The molecule has 4 heteroatoms. The molecule has 0 unspecified atom stereocenters. The highest BCUT2D eigenvalue weighted by Gasteiger charge is 2.02. The number of aryl methyl sites for hydroxylation is 2. The summed E-state index contributed by atoms with van der Waals surface area (Å²) in [4.78, 5) is 1.44. The van der Waals surface area contributed by atoms with Crippen molar-refractivity contribution in [2.45, 2.75) is 26.2 Å². The van der Waals surface area contributed by atoms with Crippen molar-refractivity contribution in [3.05, 3.63) is 20.3 Å². The van der Waals surface area contributed by atoms with Crippen LogP contribution in [0.15, 0.2) is 9.85 Å². The molecule has 1 heterocycles. The van der Waals surface area contributed by atoms with Crippen molar-refractivity contribution >= 4 is 27.3 Å². The number of halogens is 1. The average Bonchev–Trinajstić information content (AvgIpc) is 2.56. The molecule has 0 aliphatic carbocycles. The molecule has 0 amide bonds. The Morgan fingerprint density at radius 2 is 2.19 bits per heavy atom. The van der Waals surface area contributed by atoms with Gasteiger partial charge >= 0.3 is 0 Å². The first-order valence-corrected chi connectivity index (χ1v) is 7.29. The van der Waals surface area contributed by atoms with Crippen molar-refractivity contribution in [1.29, 1.82) is 0 Å². The zero-order chi connectivity index (χ0) is 11.8. The zero-order valence-electron chi connectivity index (χ0n) is 10.0. The van der Waals surface area contributed by atoms with Crippen LogP contribution in [-0.4, -0.2) is 26.8 Å². The van der Waals surface area contributed by atoms with Gasteiger partial charge in [-0.25, -0.2) is 0 Å². The first kappa shape index (κ1) is 14.2. The summed E-state index contributed by atoms with van der Waals surface area (Å²) < 4.78 is 6.22. The van der Waals surface area contributed by atoms with E-state index < -0.39 is 0 Å². The van der Waals surface area contributed by atoms with E-state index in [2.05, 4.69) is 34.2 Å². The van der Waals surface area contributed by atoms with E-state index in [-0.39, 0.29) is 0 Å². The maximum Gasteiger partial charge on any atom is 0.0704 e. The summed E-state index contributed by atoms with van der Waals surface area (Å²) in [5.41, 5.74) is 1.49. The lowest BCUT2D eigenvalue weighted by Gasteiger charge is -2.03. The van der Waals surface area contributed by atoms with Gasteiger partial charge in [-0.1, -0.05) is 0 Å². The Balaban J connectivity index is 2.05. The molecule has 0 spiro atoms. The lowest BCUT2D eigenvalue weighted by Crippen LogP contribution is -2.20. The topological polar surface area (TPSA) is 21.3 Å². The largest absolute Gasteiger partial charge is 0.383 e. The minimum absolute atomic E-state index is 0.802. The maximum atomic E-state index is 4.97. The molecule has 0 saturated heterocycles. The van der Waals surface area contributed by atoms with E-state index in [4.69, 9.17) is 4.74 Å². The Bertz CT molecular complexity index is 301. The predicted octanol–water partition coefficient (Wildman–Crippen LogP) is 3.38. The van der Waals surface area contributed by atoms with Crippen LogP contribution in [0, 0.1) is 6.92 Å². The normalized spacial score (nSPS) is 10.9. The summed E-state index contributed by atoms with van der Waals surface area (Å²) >= 11 is 5.35. The second-order valence-electron chi connectivity index (χ2n) is 3.83. The molecule has 16 heavy (non-hydrogen) atoms. The molecule has 0 fully saturated rings. The van der Waals surface area contributed by atoms with Crippen molar-refractivity contribution in [2.75, 3.05) is 26.8 Å². The smallest absolute Gasteiger partial charge is 0.0704 e. The second-order valence-corrected chi connectivity index (χ2v) is 6.47. The summed E-state index contributed by atoms with van der Waals surface area (Å²) in [6.45, 7) is 5.05. The van der Waals surface area contributed by atoms with Gasteiger partial charge in [0, 0.05) is 18.5 Å². The lowest BCUT2D eigenvalue weighted by atomic mass is 10.1. The molecule has 0 aliphatic heterocycles. The van der Waals surface area contributed by atoms with Crippen molar-refractivity contribution in [2.24, 2.45) is 0 Å². The third-order valence-electron chi connectivity index (χ3n) is 2.52. The van der Waals surface area contributed by atoms with E-state index in [1.54, 1.807) is 7.11 Å². The van der Waals surface area contributed by atoms with Gasteiger partial charge in [0.1, 0.15) is 0 Å². The lowest BCUT2D eigenvalue weighted by molar-refractivity contribution is 0.199. The molecule has 0 bridgehead atoms. The fourth-order valence-electron chi connectivity index (χ4n) is 1.59. The highest BCUT2D eigenvalue weighted by atomic mass is 79.9. The van der Waals surface area contributed by atoms with Gasteiger partial charge < -0.3 is 10.1 Å². The first-order chi connectivity index (χ1) is 7.74. The van der Waals surface area contributed by atoms with Crippen LogP contribution in [0.1, 0.15) is 23.3 Å². The summed E-state index contributed by atoms with van der Waals surface area (Å²) in [5.74, 6) is 0. The Morgan fingerprint density at radius 3 is 2.81 bits per heavy atom. The molecule has 92 valence electrons. The van der Waals surface area contributed by atoms with Gasteiger partial charge in [-0.3, -0.25) is 0 Å². The number of rotatable bonds is 8. The highest BCUT2D eigenvalue weighted by Crippen LogP contribution is 2.27. The average molecular weight is 306 g/mol. The second kappa shape index (κ2) is 8.23. The van der Waals surface area contributed by atoms with Crippen LogP contribution in [0.2, 0.25) is 0 Å². The third-order valence-corrected chi connectivity index (χ3v) is 4.12. The van der Waals surface area contributed by atoms with Crippen LogP contribution in [0.3, 0.4) is 0 Å². The minimum Gasteiger partial charge on any atom is -0.383 e. The Morgan fingerprint density at radius 1 is 1.38 bits per heavy atom. The third kappa shape index (κ3) is 5.43. The van der Waals surface area contributed by atoms with Crippen LogP contribution in [0.25, 0.3) is 0 Å². The van der Waals surface area contributed by atoms with Crippen molar-refractivity contribution in [1.82, 2.24) is 5.32 Å². The van der Waals surface area contributed by atoms with Crippen molar-refractivity contribution in [3.8, 4) is 0 Å². The molecular weight excluding hydrogens is 286 g/mol.